The molecular weight excluding hydrogens is 775 g/mol. The van der Waals surface area contributed by atoms with Gasteiger partial charge in [-0.3, -0.25) is 9.59 Å². The lowest BCUT2D eigenvalue weighted by Crippen LogP contribution is -1.92. The molecule has 0 aliphatic carbocycles. The molecule has 0 saturated carbocycles. The minimum atomic E-state index is 0.0258. The number of benzene rings is 7. The molecule has 7 aromatic carbocycles. The summed E-state index contributed by atoms with van der Waals surface area (Å²) in [7, 11) is 1.54. The topological polar surface area (TPSA) is 193 Å². The normalized spacial score (nSPS) is 11.5. The zero-order chi connectivity index (χ0) is 42.7. The zero-order valence-electron chi connectivity index (χ0n) is 33.3. The first kappa shape index (κ1) is 40.7. The van der Waals surface area contributed by atoms with E-state index in [2.05, 4.69) is 46.2 Å². The molecule has 302 valence electrons. The van der Waals surface area contributed by atoms with Gasteiger partial charge in [0.2, 0.25) is 0 Å². The minimum Gasteiger partial charge on any atom is -0.505 e. The monoisotopic (exact) mass is 811 g/mol. The van der Waals surface area contributed by atoms with Crippen molar-refractivity contribution >= 4 is 80.6 Å². The van der Waals surface area contributed by atoms with Crippen LogP contribution in [0.1, 0.15) is 16.7 Å². The van der Waals surface area contributed by atoms with Gasteiger partial charge in [0, 0.05) is 41.0 Å². The molecule has 0 spiro atoms. The number of carbonyl (C=O) groups excluding carboxylic acids is 2. The highest BCUT2D eigenvalue weighted by atomic mass is 16.5. The van der Waals surface area contributed by atoms with Crippen LogP contribution in [0.25, 0.3) is 10.8 Å². The van der Waals surface area contributed by atoms with E-state index >= 15 is 0 Å². The average Bonchev–Trinajstić information content (AvgIpc) is 3.25. The van der Waals surface area contributed by atoms with Gasteiger partial charge in [-0.15, -0.1) is 10.2 Å². The maximum Gasteiger partial charge on any atom is 0.298 e. The van der Waals surface area contributed by atoms with E-state index in [0.29, 0.717) is 56.6 Å². The van der Waals surface area contributed by atoms with Crippen molar-refractivity contribution in [2.24, 2.45) is 40.9 Å². The third-order valence-corrected chi connectivity index (χ3v) is 9.21. The van der Waals surface area contributed by atoms with Gasteiger partial charge in [0.1, 0.15) is 28.6 Å². The number of azo groups is 4. The molecule has 7 aromatic rings. The van der Waals surface area contributed by atoms with Gasteiger partial charge in [-0.25, -0.2) is 0 Å². The van der Waals surface area contributed by atoms with Gasteiger partial charge in [-0.1, -0.05) is 24.3 Å². The van der Waals surface area contributed by atoms with Crippen LogP contribution in [-0.4, -0.2) is 25.2 Å². The van der Waals surface area contributed by atoms with Crippen LogP contribution in [0.2, 0.25) is 0 Å². The van der Waals surface area contributed by atoms with Crippen molar-refractivity contribution < 1.29 is 28.9 Å². The SMILES string of the molecule is COc1cc(N=Nc2ccc(N=Nc3ccc(N=Nc4cc(OC=O)cc(OC=O)c4)c(C)c3)c(C)c2)c(C)cc1N=Nc1ccc2cc(Nc3ccccc3)ccc2c1O. The molecule has 0 bridgehead atoms. The van der Waals surface area contributed by atoms with Crippen LogP contribution in [-0.2, 0) is 9.59 Å². The predicted octanol–water partition coefficient (Wildman–Crippen LogP) is 14.0. The van der Waals surface area contributed by atoms with E-state index in [0.717, 1.165) is 33.5 Å². The van der Waals surface area contributed by atoms with E-state index in [1.165, 1.54) is 25.3 Å². The summed E-state index contributed by atoms with van der Waals surface area (Å²) in [5, 5.41) is 51.0. The van der Waals surface area contributed by atoms with E-state index in [4.69, 9.17) is 14.2 Å². The second-order valence-electron chi connectivity index (χ2n) is 13.5. The van der Waals surface area contributed by atoms with Gasteiger partial charge < -0.3 is 24.6 Å². The van der Waals surface area contributed by atoms with Crippen molar-refractivity contribution in [3.63, 3.8) is 0 Å². The number of rotatable bonds is 15. The number of aryl methyl sites for hydroxylation is 3. The second-order valence-corrected chi connectivity index (χ2v) is 13.5. The smallest absolute Gasteiger partial charge is 0.298 e. The number of para-hydroxylation sites is 1. The Labute approximate surface area is 349 Å². The number of ether oxygens (including phenoxy) is 3. The lowest BCUT2D eigenvalue weighted by Gasteiger charge is -2.10. The highest BCUT2D eigenvalue weighted by Gasteiger charge is 2.12. The standard InChI is InChI=1S/C46H37N9O6/c1-28-19-35(13-16-40(28)51-48-34-12-17-41(29(2)18-34)52-50-36-22-37(60-26-56)24-38(23-36)61-27-57)49-54-43-25-45(59-4)44(20-30(43)3)55-53-42-15-10-31-21-33(11-14-39(31)46(42)58)47-32-8-6-5-7-9-32/h5-27,47,58H,1-4H3. The summed E-state index contributed by atoms with van der Waals surface area (Å²) in [6.45, 7) is 6.18. The van der Waals surface area contributed by atoms with Crippen molar-refractivity contribution in [2.75, 3.05) is 12.4 Å². The summed E-state index contributed by atoms with van der Waals surface area (Å²) < 4.78 is 15.3. The highest BCUT2D eigenvalue weighted by Crippen LogP contribution is 2.40. The molecule has 15 heteroatoms. The summed E-state index contributed by atoms with van der Waals surface area (Å²) >= 11 is 0. The molecule has 0 aliphatic heterocycles. The molecule has 0 atom stereocenters. The third kappa shape index (κ3) is 10.2. The number of hydrogen-bond donors (Lipinski definition) is 2. The molecule has 0 heterocycles. The van der Waals surface area contributed by atoms with Gasteiger partial charge in [-0.05, 0) is 122 Å². The first-order valence-electron chi connectivity index (χ1n) is 18.7. The minimum absolute atomic E-state index is 0.0258. The number of methoxy groups -OCH3 is 1. The summed E-state index contributed by atoms with van der Waals surface area (Å²) in [5.41, 5.74) is 8.43. The van der Waals surface area contributed by atoms with Crippen LogP contribution in [0, 0.1) is 20.8 Å². The first-order chi connectivity index (χ1) is 29.7. The molecular formula is C46H37N9O6. The molecule has 0 saturated heterocycles. The Morgan fingerprint density at radius 2 is 1.05 bits per heavy atom. The summed E-state index contributed by atoms with van der Waals surface area (Å²) in [4.78, 5) is 21.6. The number of phenols is 1. The quantitative estimate of drug-likeness (QED) is 0.0759. The molecule has 0 fully saturated rings. The molecule has 7 rings (SSSR count). The van der Waals surface area contributed by atoms with Crippen LogP contribution in [0.5, 0.6) is 23.0 Å². The number of nitrogens with one attached hydrogen (secondary N) is 1. The maximum absolute atomic E-state index is 11.1. The largest absolute Gasteiger partial charge is 0.505 e. The first-order valence-corrected chi connectivity index (χ1v) is 18.7. The maximum atomic E-state index is 11.1. The van der Waals surface area contributed by atoms with Gasteiger partial charge in [-0.2, -0.15) is 30.7 Å². The Bertz CT molecular complexity index is 2850. The molecule has 0 aromatic heterocycles. The number of aromatic hydroxyl groups is 1. The molecule has 2 N–H and O–H groups in total. The van der Waals surface area contributed by atoms with Gasteiger partial charge >= 0.3 is 0 Å². The van der Waals surface area contributed by atoms with Gasteiger partial charge in [0.15, 0.2) is 5.75 Å². The fourth-order valence-corrected chi connectivity index (χ4v) is 6.09. The fraction of sp³-hybridized carbons (Fsp3) is 0.0870. The van der Waals surface area contributed by atoms with Gasteiger partial charge in [0.25, 0.3) is 12.9 Å². The number of phenolic OH excluding ortho intramolecular Hbond substituents is 1. The van der Waals surface area contributed by atoms with Crippen LogP contribution >= 0.6 is 0 Å². The Hall–Kier alpha value is -8.46. The number of nitrogens with zero attached hydrogens (tertiary/aromatic N) is 8. The van der Waals surface area contributed by atoms with Crippen LogP contribution in [0.15, 0.2) is 168 Å². The molecule has 0 radical (unpaired) electrons. The van der Waals surface area contributed by atoms with E-state index in [1.54, 1.807) is 36.4 Å². The van der Waals surface area contributed by atoms with Crippen molar-refractivity contribution in [2.45, 2.75) is 20.8 Å². The lowest BCUT2D eigenvalue weighted by molar-refractivity contribution is -0.121. The van der Waals surface area contributed by atoms with Crippen molar-refractivity contribution in [3.05, 3.63) is 144 Å². The van der Waals surface area contributed by atoms with E-state index in [1.807, 2.05) is 93.6 Å². The zero-order valence-corrected chi connectivity index (χ0v) is 33.3. The second kappa shape index (κ2) is 18.9. The van der Waals surface area contributed by atoms with Crippen LogP contribution in [0.4, 0.5) is 56.9 Å². The molecule has 0 unspecified atom stereocenters. The third-order valence-electron chi connectivity index (χ3n) is 9.21. The van der Waals surface area contributed by atoms with Gasteiger partial charge in [0.05, 0.1) is 41.2 Å². The highest BCUT2D eigenvalue weighted by molar-refractivity contribution is 5.94. The van der Waals surface area contributed by atoms with E-state index in [-0.39, 0.29) is 30.2 Å². The van der Waals surface area contributed by atoms with Crippen LogP contribution in [0.3, 0.4) is 0 Å². The summed E-state index contributed by atoms with van der Waals surface area (Å²) in [6.07, 6.45) is 0. The van der Waals surface area contributed by atoms with E-state index in [9.17, 15) is 14.7 Å². The van der Waals surface area contributed by atoms with Crippen LogP contribution < -0.4 is 19.5 Å². The lowest BCUT2D eigenvalue weighted by atomic mass is 10.1. The number of carbonyl (C=O) groups is 2. The molecule has 0 amide bonds. The number of hydrogen-bond acceptors (Lipinski definition) is 15. The Kier molecular flexibility index (Phi) is 12.6. The summed E-state index contributed by atoms with van der Waals surface area (Å²) in [6, 6.07) is 37.9. The number of anilines is 2. The fourth-order valence-electron chi connectivity index (χ4n) is 6.09. The molecule has 15 nitrogen and oxygen atoms in total. The summed E-state index contributed by atoms with van der Waals surface area (Å²) in [5.74, 6) is 0.765. The number of fused-ring (bicyclic) bond motifs is 1. The van der Waals surface area contributed by atoms with Crippen molar-refractivity contribution in [1.29, 1.82) is 0 Å². The Morgan fingerprint density at radius 3 is 1.66 bits per heavy atom. The van der Waals surface area contributed by atoms with Crippen molar-refractivity contribution in [1.82, 2.24) is 0 Å². The molecule has 0 aliphatic rings. The Morgan fingerprint density at radius 1 is 0.492 bits per heavy atom. The average molecular weight is 812 g/mol. The predicted molar refractivity (Wildman–Crippen MR) is 232 cm³/mol. The van der Waals surface area contributed by atoms with E-state index < -0.39 is 0 Å². The Balaban J connectivity index is 1.01. The molecule has 61 heavy (non-hydrogen) atoms. The van der Waals surface area contributed by atoms with Crippen molar-refractivity contribution in [3.8, 4) is 23.0 Å².